The molecule has 2 rings (SSSR count). The molecule has 0 atom stereocenters. The van der Waals surface area contributed by atoms with E-state index in [2.05, 4.69) is 20.6 Å². The molecule has 0 bridgehead atoms. The van der Waals surface area contributed by atoms with Crippen molar-refractivity contribution in [1.82, 2.24) is 9.97 Å². The second kappa shape index (κ2) is 7.30. The van der Waals surface area contributed by atoms with Crippen LogP contribution in [0.25, 0.3) is 0 Å². The van der Waals surface area contributed by atoms with Crippen LogP contribution in [0.2, 0.25) is 0 Å². The minimum Gasteiger partial charge on any atom is -0.364 e. The molecule has 0 aliphatic carbocycles. The van der Waals surface area contributed by atoms with Crippen LogP contribution in [0.4, 0.5) is 17.3 Å². The Bertz CT molecular complexity index is 530. The Kier molecular flexibility index (Phi) is 5.43. The fourth-order valence-corrected chi connectivity index (χ4v) is 3.46. The van der Waals surface area contributed by atoms with E-state index in [1.54, 1.807) is 0 Å². The summed E-state index contributed by atoms with van der Waals surface area (Å²) in [5.41, 5.74) is -0.127. The molecule has 2 N–H and O–H groups in total. The van der Waals surface area contributed by atoms with Crippen molar-refractivity contribution in [3.05, 3.63) is 16.4 Å². The lowest BCUT2D eigenvalue weighted by molar-refractivity contribution is -0.383. The van der Waals surface area contributed by atoms with Crippen molar-refractivity contribution in [3.8, 4) is 0 Å². The molecule has 2 heterocycles. The molecule has 0 saturated carbocycles. The lowest BCUT2D eigenvalue weighted by Crippen LogP contribution is -2.30. The molecule has 0 amide bonds. The Morgan fingerprint density at radius 2 is 2.05 bits per heavy atom. The quantitative estimate of drug-likeness (QED) is 0.605. The third kappa shape index (κ3) is 4.10. The highest BCUT2D eigenvalue weighted by Crippen LogP contribution is 2.30. The second-order valence-electron chi connectivity index (χ2n) is 4.87. The number of anilines is 2. The maximum atomic E-state index is 11.3. The molecule has 0 radical (unpaired) electrons. The number of aromatic nitrogens is 2. The van der Waals surface area contributed by atoms with Gasteiger partial charge in [0.25, 0.3) is 0 Å². The van der Waals surface area contributed by atoms with Gasteiger partial charge in [0.05, 0.1) is 4.92 Å². The first-order valence-electron chi connectivity index (χ1n) is 6.96. The molecule has 0 spiro atoms. The largest absolute Gasteiger partial charge is 0.364 e. The van der Waals surface area contributed by atoms with Gasteiger partial charge in [-0.15, -0.1) is 0 Å². The molecule has 8 nitrogen and oxygen atoms in total. The maximum absolute atomic E-state index is 11.3. The first-order valence-corrected chi connectivity index (χ1v) is 8.45. The summed E-state index contributed by atoms with van der Waals surface area (Å²) in [6, 6.07) is 0.0651. The number of nitrogens with zero attached hydrogens (tertiary/aromatic N) is 3. The van der Waals surface area contributed by atoms with Gasteiger partial charge in [-0.2, -0.15) is 0 Å². The van der Waals surface area contributed by atoms with E-state index in [4.69, 9.17) is 0 Å². The summed E-state index contributed by atoms with van der Waals surface area (Å²) in [6.45, 7) is 2.58. The SMILES string of the molecule is CCCNc1ncnc(NC2CCS(=O)CC2)c1[N+](=O)[O-]. The van der Waals surface area contributed by atoms with Crippen LogP contribution in [0.3, 0.4) is 0 Å². The fraction of sp³-hybridized carbons (Fsp3) is 0.667. The Balaban J connectivity index is 2.17. The minimum atomic E-state index is -0.761. The zero-order chi connectivity index (χ0) is 15.2. The van der Waals surface area contributed by atoms with Crippen molar-refractivity contribution in [2.75, 3.05) is 28.7 Å². The standard InChI is InChI=1S/C12H19N5O3S/c1-2-5-13-11-10(17(18)19)12(15-8-14-11)16-9-3-6-21(20)7-4-9/h8-9H,2-7H2,1H3,(H2,13,14,15,16). The van der Waals surface area contributed by atoms with Crippen LogP contribution < -0.4 is 10.6 Å². The summed E-state index contributed by atoms with van der Waals surface area (Å²) < 4.78 is 11.3. The highest BCUT2D eigenvalue weighted by atomic mass is 32.2. The summed E-state index contributed by atoms with van der Waals surface area (Å²) in [5, 5.41) is 17.3. The van der Waals surface area contributed by atoms with Gasteiger partial charge < -0.3 is 10.6 Å². The highest BCUT2D eigenvalue weighted by Gasteiger charge is 2.26. The number of hydrogen-bond donors (Lipinski definition) is 2. The van der Waals surface area contributed by atoms with Crippen molar-refractivity contribution in [3.63, 3.8) is 0 Å². The number of nitrogens with one attached hydrogen (secondary N) is 2. The molecule has 0 unspecified atom stereocenters. The van der Waals surface area contributed by atoms with E-state index in [1.165, 1.54) is 6.33 Å². The molecular weight excluding hydrogens is 294 g/mol. The first kappa shape index (κ1) is 15.6. The Morgan fingerprint density at radius 3 is 2.67 bits per heavy atom. The smallest absolute Gasteiger partial charge is 0.353 e. The molecule has 0 aromatic carbocycles. The van der Waals surface area contributed by atoms with Crippen molar-refractivity contribution in [2.45, 2.75) is 32.2 Å². The maximum Gasteiger partial charge on any atom is 0.353 e. The van der Waals surface area contributed by atoms with E-state index < -0.39 is 15.7 Å². The van der Waals surface area contributed by atoms with Crippen molar-refractivity contribution in [1.29, 1.82) is 0 Å². The van der Waals surface area contributed by atoms with Gasteiger partial charge in [-0.1, -0.05) is 6.92 Å². The number of nitro groups is 1. The van der Waals surface area contributed by atoms with Crippen LogP contribution in [-0.4, -0.2) is 43.2 Å². The summed E-state index contributed by atoms with van der Waals surface area (Å²) in [5.74, 6) is 1.71. The summed E-state index contributed by atoms with van der Waals surface area (Å²) in [4.78, 5) is 18.8. The molecule has 116 valence electrons. The van der Waals surface area contributed by atoms with Crippen LogP contribution >= 0.6 is 0 Å². The predicted octanol–water partition coefficient (Wildman–Crippen LogP) is 1.53. The monoisotopic (exact) mass is 313 g/mol. The molecule has 21 heavy (non-hydrogen) atoms. The van der Waals surface area contributed by atoms with Gasteiger partial charge in [0.2, 0.25) is 11.6 Å². The molecule has 1 aromatic heterocycles. The van der Waals surface area contributed by atoms with Gasteiger partial charge in [0.15, 0.2) is 0 Å². The zero-order valence-corrected chi connectivity index (χ0v) is 12.7. The summed E-state index contributed by atoms with van der Waals surface area (Å²) in [7, 11) is -0.761. The van der Waals surface area contributed by atoms with Crippen LogP contribution in [0.5, 0.6) is 0 Å². The number of rotatable bonds is 6. The van der Waals surface area contributed by atoms with Gasteiger partial charge in [0, 0.05) is 34.9 Å². The van der Waals surface area contributed by atoms with E-state index >= 15 is 0 Å². The Morgan fingerprint density at radius 1 is 1.38 bits per heavy atom. The van der Waals surface area contributed by atoms with Crippen LogP contribution in [0.1, 0.15) is 26.2 Å². The predicted molar refractivity (Wildman–Crippen MR) is 82.0 cm³/mol. The third-order valence-electron chi connectivity index (χ3n) is 3.28. The number of hydrogen-bond acceptors (Lipinski definition) is 7. The van der Waals surface area contributed by atoms with Gasteiger partial charge in [-0.3, -0.25) is 14.3 Å². The van der Waals surface area contributed by atoms with Crippen LogP contribution in [0.15, 0.2) is 6.33 Å². The van der Waals surface area contributed by atoms with Crippen molar-refractivity contribution >= 4 is 28.1 Å². The molecule has 9 heteroatoms. The minimum absolute atomic E-state index is 0.0651. The molecule has 1 aliphatic heterocycles. The van der Waals surface area contributed by atoms with Gasteiger partial charge >= 0.3 is 5.69 Å². The Labute approximate surface area is 125 Å². The van der Waals surface area contributed by atoms with E-state index in [0.29, 0.717) is 18.1 Å². The summed E-state index contributed by atoms with van der Waals surface area (Å²) >= 11 is 0. The van der Waals surface area contributed by atoms with Gasteiger partial charge in [-0.25, -0.2) is 9.97 Å². The fourth-order valence-electron chi connectivity index (χ4n) is 2.16. The van der Waals surface area contributed by atoms with Gasteiger partial charge in [0.1, 0.15) is 6.33 Å². The van der Waals surface area contributed by atoms with Crippen molar-refractivity contribution in [2.24, 2.45) is 0 Å². The molecule has 1 aliphatic rings. The van der Waals surface area contributed by atoms with E-state index in [-0.39, 0.29) is 23.4 Å². The first-order chi connectivity index (χ1) is 10.1. The zero-order valence-electron chi connectivity index (χ0n) is 11.9. The van der Waals surface area contributed by atoms with Crippen LogP contribution in [-0.2, 0) is 10.8 Å². The molecule has 1 fully saturated rings. The average molecular weight is 313 g/mol. The second-order valence-corrected chi connectivity index (χ2v) is 6.57. The highest BCUT2D eigenvalue weighted by molar-refractivity contribution is 7.85. The third-order valence-corrected chi connectivity index (χ3v) is 4.66. The van der Waals surface area contributed by atoms with E-state index in [0.717, 1.165) is 19.3 Å². The average Bonchev–Trinajstić information content (AvgIpc) is 2.47. The van der Waals surface area contributed by atoms with Crippen molar-refractivity contribution < 1.29 is 9.13 Å². The summed E-state index contributed by atoms with van der Waals surface area (Å²) in [6.07, 6.45) is 3.61. The van der Waals surface area contributed by atoms with E-state index in [1.807, 2.05) is 6.92 Å². The molecule has 1 aromatic rings. The molecule has 1 saturated heterocycles. The normalized spacial score (nSPS) is 21.8. The lowest BCUT2D eigenvalue weighted by Gasteiger charge is -2.23. The van der Waals surface area contributed by atoms with Gasteiger partial charge in [-0.05, 0) is 19.3 Å². The lowest BCUT2D eigenvalue weighted by atomic mass is 10.1. The van der Waals surface area contributed by atoms with Crippen LogP contribution in [0, 0.1) is 10.1 Å². The molecular formula is C12H19N5O3S. The topological polar surface area (TPSA) is 110 Å². The van der Waals surface area contributed by atoms with E-state index in [9.17, 15) is 14.3 Å². The Hall–Kier alpha value is -1.77.